The van der Waals surface area contributed by atoms with E-state index >= 15 is 0 Å². The molecule has 0 aliphatic carbocycles. The van der Waals surface area contributed by atoms with E-state index in [1.807, 2.05) is 7.05 Å². The highest BCUT2D eigenvalue weighted by Crippen LogP contribution is 2.25. The number of nitrogens with zero attached hydrogens (tertiary/aromatic N) is 1. The summed E-state index contributed by atoms with van der Waals surface area (Å²) in [5, 5.41) is 3.26. The van der Waals surface area contributed by atoms with E-state index in [2.05, 4.69) is 47.3 Å². The lowest BCUT2D eigenvalue weighted by Gasteiger charge is -2.21. The van der Waals surface area contributed by atoms with Gasteiger partial charge >= 0.3 is 0 Å². The molecule has 0 saturated carbocycles. The zero-order valence-corrected chi connectivity index (χ0v) is 10.1. The van der Waals surface area contributed by atoms with E-state index in [4.69, 9.17) is 0 Å². The lowest BCUT2D eigenvalue weighted by atomic mass is 9.88. The Morgan fingerprint density at radius 1 is 1.38 bits per heavy atom. The number of hydrogen-bond acceptors (Lipinski definition) is 2. The number of H-pyrrole nitrogens is 1. The third kappa shape index (κ3) is 2.09. The molecule has 3 heteroatoms. The van der Waals surface area contributed by atoms with Crippen LogP contribution in [0.4, 0.5) is 0 Å². The predicted molar refractivity (Wildman–Crippen MR) is 67.6 cm³/mol. The van der Waals surface area contributed by atoms with Gasteiger partial charge in [-0.2, -0.15) is 0 Å². The number of benzene rings is 1. The van der Waals surface area contributed by atoms with E-state index < -0.39 is 0 Å². The van der Waals surface area contributed by atoms with Crippen LogP contribution < -0.4 is 5.32 Å². The molecule has 1 atom stereocenters. The summed E-state index contributed by atoms with van der Waals surface area (Å²) in [6, 6.07) is 6.49. The monoisotopic (exact) mass is 217 g/mol. The number of imidazole rings is 1. The second-order valence-corrected chi connectivity index (χ2v) is 4.59. The number of likely N-dealkylation sites (N-methyl/N-ethyl adjacent to an activating group) is 1. The van der Waals surface area contributed by atoms with Crippen LogP contribution in [0, 0.1) is 5.92 Å². The molecule has 0 aliphatic rings. The van der Waals surface area contributed by atoms with Gasteiger partial charge in [-0.1, -0.05) is 19.9 Å². The minimum absolute atomic E-state index is 0.553. The van der Waals surface area contributed by atoms with Crippen LogP contribution >= 0.6 is 0 Å². The van der Waals surface area contributed by atoms with Gasteiger partial charge in [-0.25, -0.2) is 4.98 Å². The van der Waals surface area contributed by atoms with Gasteiger partial charge in [0.15, 0.2) is 0 Å². The average Bonchev–Trinajstić information content (AvgIpc) is 2.72. The van der Waals surface area contributed by atoms with Crippen molar-refractivity contribution in [2.24, 2.45) is 5.92 Å². The summed E-state index contributed by atoms with van der Waals surface area (Å²) in [6.07, 6.45) is 1.75. The Morgan fingerprint density at radius 3 is 2.88 bits per heavy atom. The average molecular weight is 217 g/mol. The van der Waals surface area contributed by atoms with Crippen molar-refractivity contribution in [3.8, 4) is 0 Å². The molecule has 2 rings (SSSR count). The number of fused-ring (bicyclic) bond motifs is 1. The summed E-state index contributed by atoms with van der Waals surface area (Å²) in [5.41, 5.74) is 3.54. The van der Waals surface area contributed by atoms with E-state index in [0.29, 0.717) is 11.8 Å². The van der Waals surface area contributed by atoms with Crippen LogP contribution in [0.25, 0.3) is 11.0 Å². The van der Waals surface area contributed by atoms with Gasteiger partial charge in [-0.15, -0.1) is 0 Å². The number of aromatic nitrogens is 2. The molecule has 16 heavy (non-hydrogen) atoms. The Morgan fingerprint density at radius 2 is 2.19 bits per heavy atom. The van der Waals surface area contributed by atoms with Crippen molar-refractivity contribution in [3.63, 3.8) is 0 Å². The quantitative estimate of drug-likeness (QED) is 0.826. The van der Waals surface area contributed by atoms with Crippen molar-refractivity contribution in [2.75, 3.05) is 13.6 Å². The highest BCUT2D eigenvalue weighted by Gasteiger charge is 2.15. The Balaban J connectivity index is 2.35. The predicted octanol–water partition coefficient (Wildman–Crippen LogP) is 2.52. The SMILES string of the molecule is CNCC(c1ccc2nc[nH]c2c1)C(C)C. The maximum absolute atomic E-state index is 4.24. The molecule has 86 valence electrons. The van der Waals surface area contributed by atoms with Gasteiger partial charge in [0.2, 0.25) is 0 Å². The summed E-state index contributed by atoms with van der Waals surface area (Å²) >= 11 is 0. The molecule has 0 aliphatic heterocycles. The number of nitrogens with one attached hydrogen (secondary N) is 2. The normalized spacial score (nSPS) is 13.5. The molecule has 1 aromatic carbocycles. The Bertz CT molecular complexity index is 459. The fourth-order valence-electron chi connectivity index (χ4n) is 2.14. The Hall–Kier alpha value is -1.35. The molecule has 0 spiro atoms. The maximum atomic E-state index is 4.24. The standard InChI is InChI=1S/C13H19N3/c1-9(2)11(7-14-3)10-4-5-12-13(6-10)16-8-15-12/h4-6,8-9,11,14H,7H2,1-3H3,(H,15,16). The van der Waals surface area contributed by atoms with Gasteiger partial charge in [-0.05, 0) is 36.6 Å². The molecule has 0 saturated heterocycles. The molecular weight excluding hydrogens is 198 g/mol. The third-order valence-corrected chi connectivity index (χ3v) is 3.10. The molecule has 1 unspecified atom stereocenters. The van der Waals surface area contributed by atoms with Crippen molar-refractivity contribution in [1.29, 1.82) is 0 Å². The van der Waals surface area contributed by atoms with Gasteiger partial charge < -0.3 is 10.3 Å². The van der Waals surface area contributed by atoms with Crippen molar-refractivity contribution in [2.45, 2.75) is 19.8 Å². The van der Waals surface area contributed by atoms with E-state index in [-0.39, 0.29) is 0 Å². The summed E-state index contributed by atoms with van der Waals surface area (Å²) in [4.78, 5) is 7.40. The van der Waals surface area contributed by atoms with E-state index in [0.717, 1.165) is 17.6 Å². The zero-order chi connectivity index (χ0) is 11.5. The molecule has 1 aromatic heterocycles. The van der Waals surface area contributed by atoms with Gasteiger partial charge in [0.25, 0.3) is 0 Å². The summed E-state index contributed by atoms with van der Waals surface area (Å²) in [7, 11) is 2.00. The smallest absolute Gasteiger partial charge is 0.0931 e. The minimum atomic E-state index is 0.553. The largest absolute Gasteiger partial charge is 0.345 e. The Kier molecular flexibility index (Phi) is 3.25. The van der Waals surface area contributed by atoms with Crippen LogP contribution in [0.15, 0.2) is 24.5 Å². The summed E-state index contributed by atoms with van der Waals surface area (Å²) in [6.45, 7) is 5.54. The molecule has 0 amide bonds. The number of rotatable bonds is 4. The molecule has 1 heterocycles. The van der Waals surface area contributed by atoms with E-state index in [1.165, 1.54) is 5.56 Å². The molecule has 3 nitrogen and oxygen atoms in total. The number of hydrogen-bond donors (Lipinski definition) is 2. The second kappa shape index (κ2) is 4.66. The van der Waals surface area contributed by atoms with Crippen LogP contribution in [0.1, 0.15) is 25.3 Å². The van der Waals surface area contributed by atoms with Crippen molar-refractivity contribution in [1.82, 2.24) is 15.3 Å². The van der Waals surface area contributed by atoms with Crippen LogP contribution in [-0.4, -0.2) is 23.6 Å². The molecular formula is C13H19N3. The molecule has 2 N–H and O–H groups in total. The lowest BCUT2D eigenvalue weighted by Crippen LogP contribution is -2.21. The molecule has 0 radical (unpaired) electrons. The van der Waals surface area contributed by atoms with E-state index in [9.17, 15) is 0 Å². The van der Waals surface area contributed by atoms with Gasteiger partial charge in [0.1, 0.15) is 0 Å². The molecule has 2 aromatic rings. The van der Waals surface area contributed by atoms with E-state index in [1.54, 1.807) is 6.33 Å². The van der Waals surface area contributed by atoms with Crippen molar-refractivity contribution < 1.29 is 0 Å². The van der Waals surface area contributed by atoms with Crippen molar-refractivity contribution in [3.05, 3.63) is 30.1 Å². The van der Waals surface area contributed by atoms with Gasteiger partial charge in [0.05, 0.1) is 17.4 Å². The van der Waals surface area contributed by atoms with Gasteiger partial charge in [-0.3, -0.25) is 0 Å². The van der Waals surface area contributed by atoms with Crippen LogP contribution in [-0.2, 0) is 0 Å². The van der Waals surface area contributed by atoms with Crippen LogP contribution in [0.5, 0.6) is 0 Å². The topological polar surface area (TPSA) is 40.7 Å². The fraction of sp³-hybridized carbons (Fsp3) is 0.462. The second-order valence-electron chi connectivity index (χ2n) is 4.59. The third-order valence-electron chi connectivity index (χ3n) is 3.10. The van der Waals surface area contributed by atoms with Gasteiger partial charge in [0, 0.05) is 6.54 Å². The first kappa shape index (κ1) is 11.1. The molecule has 0 fully saturated rings. The zero-order valence-electron chi connectivity index (χ0n) is 10.1. The fourth-order valence-corrected chi connectivity index (χ4v) is 2.14. The van der Waals surface area contributed by atoms with Crippen molar-refractivity contribution >= 4 is 11.0 Å². The molecule has 0 bridgehead atoms. The van der Waals surface area contributed by atoms with Crippen LogP contribution in [0.3, 0.4) is 0 Å². The first-order chi connectivity index (χ1) is 7.72. The number of aromatic amines is 1. The Labute approximate surface area is 96.3 Å². The minimum Gasteiger partial charge on any atom is -0.345 e. The first-order valence-corrected chi connectivity index (χ1v) is 5.80. The highest BCUT2D eigenvalue weighted by molar-refractivity contribution is 5.75. The summed E-state index contributed by atoms with van der Waals surface area (Å²) < 4.78 is 0. The highest BCUT2D eigenvalue weighted by atomic mass is 14.9. The lowest BCUT2D eigenvalue weighted by molar-refractivity contribution is 0.478. The van der Waals surface area contributed by atoms with Crippen LogP contribution in [0.2, 0.25) is 0 Å². The first-order valence-electron chi connectivity index (χ1n) is 5.80. The summed E-state index contributed by atoms with van der Waals surface area (Å²) in [5.74, 6) is 1.19. The maximum Gasteiger partial charge on any atom is 0.0931 e.